The van der Waals surface area contributed by atoms with Crippen LogP contribution >= 0.6 is 0 Å². The van der Waals surface area contributed by atoms with E-state index in [9.17, 15) is 0 Å². The molecule has 2 nitrogen and oxygen atoms in total. The zero-order valence-electron chi connectivity index (χ0n) is 13.3. The van der Waals surface area contributed by atoms with Crippen LogP contribution in [0.1, 0.15) is 30.0 Å². The maximum Gasteiger partial charge on any atom is 0.0426 e. The summed E-state index contributed by atoms with van der Waals surface area (Å²) < 4.78 is 0. The highest BCUT2D eigenvalue weighted by molar-refractivity contribution is 5.53. The standard InChI is InChI=1S/C19H26N2/c1-4-18(20)13-17-7-5-6-8-19(17)21(3)14-16-11-9-15(2)10-12-16/h5-12,18H,4,13-14,20H2,1-3H3. The molecule has 0 saturated carbocycles. The summed E-state index contributed by atoms with van der Waals surface area (Å²) in [6.07, 6.45) is 1.95. The van der Waals surface area contributed by atoms with Crippen LogP contribution in [0.25, 0.3) is 0 Å². The van der Waals surface area contributed by atoms with Gasteiger partial charge >= 0.3 is 0 Å². The van der Waals surface area contributed by atoms with Crippen LogP contribution in [-0.4, -0.2) is 13.1 Å². The Balaban J connectivity index is 2.14. The molecular formula is C19H26N2. The molecule has 0 aliphatic carbocycles. The molecule has 0 heterocycles. The van der Waals surface area contributed by atoms with Crippen molar-refractivity contribution < 1.29 is 0 Å². The largest absolute Gasteiger partial charge is 0.370 e. The van der Waals surface area contributed by atoms with Gasteiger partial charge in [0.05, 0.1) is 0 Å². The van der Waals surface area contributed by atoms with Gasteiger partial charge in [-0.15, -0.1) is 0 Å². The molecule has 1 atom stereocenters. The fourth-order valence-electron chi connectivity index (χ4n) is 2.54. The van der Waals surface area contributed by atoms with Gasteiger partial charge < -0.3 is 10.6 Å². The SMILES string of the molecule is CCC(N)Cc1ccccc1N(C)Cc1ccc(C)cc1. The van der Waals surface area contributed by atoms with Gasteiger partial charge in [0.25, 0.3) is 0 Å². The van der Waals surface area contributed by atoms with E-state index in [1.807, 2.05) is 0 Å². The van der Waals surface area contributed by atoms with Gasteiger partial charge in [-0.1, -0.05) is 55.0 Å². The highest BCUT2D eigenvalue weighted by Gasteiger charge is 2.10. The van der Waals surface area contributed by atoms with Crippen molar-refractivity contribution in [2.75, 3.05) is 11.9 Å². The highest BCUT2D eigenvalue weighted by Crippen LogP contribution is 2.22. The Morgan fingerprint density at radius 3 is 2.38 bits per heavy atom. The second-order valence-electron chi connectivity index (χ2n) is 5.84. The lowest BCUT2D eigenvalue weighted by atomic mass is 10.0. The summed E-state index contributed by atoms with van der Waals surface area (Å²) in [6, 6.07) is 17.5. The van der Waals surface area contributed by atoms with Gasteiger partial charge in [-0.25, -0.2) is 0 Å². The third-order valence-electron chi connectivity index (χ3n) is 3.95. The number of aryl methyl sites for hydroxylation is 1. The number of rotatable bonds is 6. The predicted octanol–water partition coefficient (Wildman–Crippen LogP) is 3.91. The number of para-hydroxylation sites is 1. The summed E-state index contributed by atoms with van der Waals surface area (Å²) in [7, 11) is 2.15. The van der Waals surface area contributed by atoms with Crippen molar-refractivity contribution in [3.63, 3.8) is 0 Å². The van der Waals surface area contributed by atoms with Gasteiger partial charge in [0.2, 0.25) is 0 Å². The third kappa shape index (κ3) is 4.33. The van der Waals surface area contributed by atoms with Crippen LogP contribution in [0.4, 0.5) is 5.69 Å². The Labute approximate surface area is 128 Å². The van der Waals surface area contributed by atoms with Gasteiger partial charge in [-0.05, 0) is 37.0 Å². The maximum absolute atomic E-state index is 6.12. The minimum atomic E-state index is 0.235. The number of anilines is 1. The van der Waals surface area contributed by atoms with Crippen LogP contribution in [0, 0.1) is 6.92 Å². The molecule has 2 rings (SSSR count). The average molecular weight is 282 g/mol. The molecular weight excluding hydrogens is 256 g/mol. The topological polar surface area (TPSA) is 29.3 Å². The first-order valence-corrected chi connectivity index (χ1v) is 7.70. The monoisotopic (exact) mass is 282 g/mol. The van der Waals surface area contributed by atoms with E-state index in [0.29, 0.717) is 0 Å². The Morgan fingerprint density at radius 1 is 1.05 bits per heavy atom. The van der Waals surface area contributed by atoms with Crippen LogP contribution in [0.15, 0.2) is 48.5 Å². The van der Waals surface area contributed by atoms with Gasteiger partial charge in [-0.2, -0.15) is 0 Å². The first-order valence-electron chi connectivity index (χ1n) is 7.70. The number of nitrogens with zero attached hydrogens (tertiary/aromatic N) is 1. The number of benzene rings is 2. The van der Waals surface area contributed by atoms with Crippen LogP contribution in [0.2, 0.25) is 0 Å². The van der Waals surface area contributed by atoms with E-state index < -0.39 is 0 Å². The van der Waals surface area contributed by atoms with Crippen molar-refractivity contribution in [2.45, 2.75) is 39.3 Å². The molecule has 2 heteroatoms. The van der Waals surface area contributed by atoms with Gasteiger partial charge in [0.15, 0.2) is 0 Å². The molecule has 0 spiro atoms. The van der Waals surface area contributed by atoms with E-state index in [-0.39, 0.29) is 6.04 Å². The molecule has 1 unspecified atom stereocenters. The second kappa shape index (κ2) is 7.28. The molecule has 21 heavy (non-hydrogen) atoms. The lowest BCUT2D eigenvalue weighted by Crippen LogP contribution is -2.24. The average Bonchev–Trinajstić information content (AvgIpc) is 2.50. The Bertz CT molecular complexity index is 560. The van der Waals surface area contributed by atoms with E-state index in [0.717, 1.165) is 19.4 Å². The van der Waals surface area contributed by atoms with Crippen LogP contribution in [-0.2, 0) is 13.0 Å². The highest BCUT2D eigenvalue weighted by atomic mass is 15.1. The lowest BCUT2D eigenvalue weighted by Gasteiger charge is -2.24. The van der Waals surface area contributed by atoms with Gasteiger partial charge in [0.1, 0.15) is 0 Å². The quantitative estimate of drug-likeness (QED) is 0.870. The number of nitrogens with two attached hydrogens (primary N) is 1. The summed E-state index contributed by atoms with van der Waals surface area (Å²) >= 11 is 0. The molecule has 2 aromatic carbocycles. The molecule has 0 fully saturated rings. The molecule has 0 aliphatic rings. The fraction of sp³-hybridized carbons (Fsp3) is 0.368. The summed E-state index contributed by atoms with van der Waals surface area (Å²) in [5.74, 6) is 0. The molecule has 0 saturated heterocycles. The van der Waals surface area contributed by atoms with Crippen molar-refractivity contribution >= 4 is 5.69 Å². The Hall–Kier alpha value is -1.80. The van der Waals surface area contributed by atoms with E-state index in [4.69, 9.17) is 5.73 Å². The zero-order chi connectivity index (χ0) is 15.2. The molecule has 0 bridgehead atoms. The number of hydrogen-bond donors (Lipinski definition) is 1. The van der Waals surface area contributed by atoms with E-state index in [1.165, 1.54) is 22.4 Å². The molecule has 0 aromatic heterocycles. The molecule has 2 aromatic rings. The van der Waals surface area contributed by atoms with Gasteiger partial charge in [0, 0.05) is 25.3 Å². The maximum atomic E-state index is 6.12. The zero-order valence-corrected chi connectivity index (χ0v) is 13.3. The van der Waals surface area contributed by atoms with Crippen molar-refractivity contribution in [2.24, 2.45) is 5.73 Å². The normalized spacial score (nSPS) is 12.2. The van der Waals surface area contributed by atoms with Crippen molar-refractivity contribution in [3.8, 4) is 0 Å². The molecule has 0 radical (unpaired) electrons. The van der Waals surface area contributed by atoms with Crippen LogP contribution < -0.4 is 10.6 Å². The fourth-order valence-corrected chi connectivity index (χ4v) is 2.54. The van der Waals surface area contributed by atoms with Crippen molar-refractivity contribution in [3.05, 3.63) is 65.2 Å². The molecule has 112 valence electrons. The summed E-state index contributed by atoms with van der Waals surface area (Å²) in [5.41, 5.74) is 11.4. The smallest absolute Gasteiger partial charge is 0.0426 e. The Kier molecular flexibility index (Phi) is 5.40. The molecule has 0 amide bonds. The minimum absolute atomic E-state index is 0.235. The van der Waals surface area contributed by atoms with Crippen molar-refractivity contribution in [1.82, 2.24) is 0 Å². The molecule has 2 N–H and O–H groups in total. The minimum Gasteiger partial charge on any atom is -0.370 e. The first kappa shape index (κ1) is 15.6. The Morgan fingerprint density at radius 2 is 1.71 bits per heavy atom. The van der Waals surface area contributed by atoms with Crippen molar-refractivity contribution in [1.29, 1.82) is 0 Å². The van der Waals surface area contributed by atoms with Crippen LogP contribution in [0.5, 0.6) is 0 Å². The van der Waals surface area contributed by atoms with E-state index in [1.54, 1.807) is 0 Å². The summed E-state index contributed by atoms with van der Waals surface area (Å²) in [5, 5.41) is 0. The van der Waals surface area contributed by atoms with Crippen LogP contribution in [0.3, 0.4) is 0 Å². The van der Waals surface area contributed by atoms with Gasteiger partial charge in [-0.3, -0.25) is 0 Å². The number of hydrogen-bond acceptors (Lipinski definition) is 2. The summed E-state index contributed by atoms with van der Waals surface area (Å²) in [4.78, 5) is 2.31. The summed E-state index contributed by atoms with van der Waals surface area (Å²) in [6.45, 7) is 5.18. The molecule has 0 aliphatic heterocycles. The van der Waals surface area contributed by atoms with E-state index >= 15 is 0 Å². The third-order valence-corrected chi connectivity index (χ3v) is 3.95. The first-order chi connectivity index (χ1) is 10.1. The predicted molar refractivity (Wildman–Crippen MR) is 91.7 cm³/mol. The lowest BCUT2D eigenvalue weighted by molar-refractivity contribution is 0.645. The second-order valence-corrected chi connectivity index (χ2v) is 5.84. The van der Waals surface area contributed by atoms with E-state index in [2.05, 4.69) is 74.3 Å².